The van der Waals surface area contributed by atoms with Crippen molar-refractivity contribution in [2.45, 2.75) is 38.2 Å². The summed E-state index contributed by atoms with van der Waals surface area (Å²) >= 11 is 0. The Labute approximate surface area is 96.6 Å². The molecule has 0 N–H and O–H groups in total. The van der Waals surface area contributed by atoms with Crippen LogP contribution in [0.15, 0.2) is 24.3 Å². The summed E-state index contributed by atoms with van der Waals surface area (Å²) in [6.45, 7) is 2.63. The van der Waals surface area contributed by atoms with E-state index in [0.29, 0.717) is 13.0 Å². The molecule has 2 heteroatoms. The normalized spacial score (nSPS) is 17.8. The highest BCUT2D eigenvalue weighted by Gasteiger charge is 2.39. The minimum absolute atomic E-state index is 0.100. The molecule has 1 aliphatic rings. The van der Waals surface area contributed by atoms with Crippen LogP contribution in [0.3, 0.4) is 0 Å². The van der Waals surface area contributed by atoms with Crippen LogP contribution in [-0.4, -0.2) is 12.9 Å². The van der Waals surface area contributed by atoms with Crippen LogP contribution in [0.5, 0.6) is 0 Å². The van der Waals surface area contributed by atoms with E-state index in [1.54, 1.807) is 0 Å². The maximum atomic E-state index is 10.3. The number of aldehydes is 1. The Morgan fingerprint density at radius 1 is 1.31 bits per heavy atom. The van der Waals surface area contributed by atoms with Gasteiger partial charge in [0.2, 0.25) is 0 Å². The van der Waals surface area contributed by atoms with E-state index in [1.165, 1.54) is 17.5 Å². The Hall–Kier alpha value is -1.15. The summed E-state index contributed by atoms with van der Waals surface area (Å²) in [6.07, 6.45) is 4.79. The highest BCUT2D eigenvalue weighted by molar-refractivity contribution is 5.49. The highest BCUT2D eigenvalue weighted by atomic mass is 16.5. The van der Waals surface area contributed by atoms with Crippen molar-refractivity contribution in [1.82, 2.24) is 0 Å². The smallest absolute Gasteiger partial charge is 0.122 e. The van der Waals surface area contributed by atoms with Crippen molar-refractivity contribution in [2.75, 3.05) is 6.61 Å². The molecule has 1 aliphatic carbocycles. The van der Waals surface area contributed by atoms with E-state index in [1.807, 2.05) is 0 Å². The Morgan fingerprint density at radius 2 is 2.00 bits per heavy atom. The SMILES string of the molecule is Cc1ccc(C2(OCCC=O)CCC2)cc1. The highest BCUT2D eigenvalue weighted by Crippen LogP contribution is 2.44. The van der Waals surface area contributed by atoms with E-state index < -0.39 is 0 Å². The van der Waals surface area contributed by atoms with Crippen LogP contribution in [0.25, 0.3) is 0 Å². The number of rotatable bonds is 5. The van der Waals surface area contributed by atoms with Crippen LogP contribution in [0.2, 0.25) is 0 Å². The molecule has 86 valence electrons. The predicted molar refractivity (Wildman–Crippen MR) is 63.3 cm³/mol. The molecule has 1 saturated carbocycles. The standard InChI is InChI=1S/C14H18O2/c1-12-4-6-13(7-5-12)14(8-2-9-14)16-11-3-10-15/h4-7,10H,2-3,8-9,11H2,1H3. The second kappa shape index (κ2) is 4.79. The lowest BCUT2D eigenvalue weighted by Crippen LogP contribution is -2.37. The molecule has 0 aromatic heterocycles. The summed E-state index contributed by atoms with van der Waals surface area (Å²) < 4.78 is 5.90. The van der Waals surface area contributed by atoms with Gasteiger partial charge in [0.25, 0.3) is 0 Å². The zero-order valence-electron chi connectivity index (χ0n) is 9.74. The minimum Gasteiger partial charge on any atom is -0.370 e. The Morgan fingerprint density at radius 3 is 2.50 bits per heavy atom. The van der Waals surface area contributed by atoms with Crippen LogP contribution < -0.4 is 0 Å². The molecule has 2 rings (SSSR count). The minimum atomic E-state index is -0.100. The van der Waals surface area contributed by atoms with E-state index in [2.05, 4.69) is 31.2 Å². The molecule has 1 aromatic carbocycles. The molecule has 0 amide bonds. The monoisotopic (exact) mass is 218 g/mol. The van der Waals surface area contributed by atoms with Gasteiger partial charge in [0.1, 0.15) is 6.29 Å². The molecular formula is C14H18O2. The van der Waals surface area contributed by atoms with Crippen molar-refractivity contribution in [1.29, 1.82) is 0 Å². The molecule has 0 radical (unpaired) electrons. The van der Waals surface area contributed by atoms with Gasteiger partial charge < -0.3 is 9.53 Å². The number of benzene rings is 1. The fourth-order valence-corrected chi connectivity index (χ4v) is 2.17. The molecule has 0 unspecified atom stereocenters. The first-order valence-corrected chi connectivity index (χ1v) is 5.92. The lowest BCUT2D eigenvalue weighted by molar-refractivity contribution is -0.120. The van der Waals surface area contributed by atoms with E-state index in [9.17, 15) is 4.79 Å². The summed E-state index contributed by atoms with van der Waals surface area (Å²) in [6, 6.07) is 8.54. The Balaban J connectivity index is 2.08. The molecule has 1 fully saturated rings. The third kappa shape index (κ3) is 2.17. The van der Waals surface area contributed by atoms with Crippen molar-refractivity contribution < 1.29 is 9.53 Å². The fourth-order valence-electron chi connectivity index (χ4n) is 2.17. The van der Waals surface area contributed by atoms with Gasteiger partial charge in [-0.05, 0) is 31.7 Å². The predicted octanol–water partition coefficient (Wildman–Crippen LogP) is 2.98. The maximum Gasteiger partial charge on any atom is 0.122 e. The maximum absolute atomic E-state index is 10.3. The number of ether oxygens (including phenoxy) is 1. The van der Waals surface area contributed by atoms with Crippen LogP contribution in [0.4, 0.5) is 0 Å². The average Bonchev–Trinajstić information content (AvgIpc) is 2.24. The van der Waals surface area contributed by atoms with Gasteiger partial charge in [0.05, 0.1) is 12.2 Å². The first-order valence-electron chi connectivity index (χ1n) is 5.92. The van der Waals surface area contributed by atoms with Gasteiger partial charge in [0, 0.05) is 6.42 Å². The van der Waals surface area contributed by atoms with Crippen molar-refractivity contribution in [3.05, 3.63) is 35.4 Å². The summed E-state index contributed by atoms with van der Waals surface area (Å²) in [5.41, 5.74) is 2.43. The average molecular weight is 218 g/mol. The fraction of sp³-hybridized carbons (Fsp3) is 0.500. The quantitative estimate of drug-likeness (QED) is 0.561. The van der Waals surface area contributed by atoms with Crippen molar-refractivity contribution in [3.8, 4) is 0 Å². The molecule has 0 bridgehead atoms. The van der Waals surface area contributed by atoms with Crippen LogP contribution in [-0.2, 0) is 15.1 Å². The molecule has 0 heterocycles. The molecular weight excluding hydrogens is 200 g/mol. The van der Waals surface area contributed by atoms with Gasteiger partial charge >= 0.3 is 0 Å². The van der Waals surface area contributed by atoms with Gasteiger partial charge in [-0.3, -0.25) is 0 Å². The van der Waals surface area contributed by atoms with Crippen molar-refractivity contribution in [3.63, 3.8) is 0 Å². The number of hydrogen-bond acceptors (Lipinski definition) is 2. The van der Waals surface area contributed by atoms with Gasteiger partial charge in [-0.1, -0.05) is 29.8 Å². The molecule has 1 aromatic rings. The van der Waals surface area contributed by atoms with Crippen LogP contribution >= 0.6 is 0 Å². The summed E-state index contributed by atoms with van der Waals surface area (Å²) in [5, 5.41) is 0. The molecule has 0 atom stereocenters. The number of aryl methyl sites for hydroxylation is 1. The van der Waals surface area contributed by atoms with Crippen LogP contribution in [0, 0.1) is 6.92 Å². The second-order valence-electron chi connectivity index (χ2n) is 4.52. The van der Waals surface area contributed by atoms with E-state index in [4.69, 9.17) is 4.74 Å². The molecule has 0 aliphatic heterocycles. The lowest BCUT2D eigenvalue weighted by atomic mass is 9.74. The summed E-state index contributed by atoms with van der Waals surface area (Å²) in [5.74, 6) is 0. The van der Waals surface area contributed by atoms with Crippen LogP contribution in [0.1, 0.15) is 36.8 Å². The van der Waals surface area contributed by atoms with Gasteiger partial charge in [-0.15, -0.1) is 0 Å². The molecule has 16 heavy (non-hydrogen) atoms. The third-order valence-corrected chi connectivity index (χ3v) is 3.35. The lowest BCUT2D eigenvalue weighted by Gasteiger charge is -2.42. The van der Waals surface area contributed by atoms with Gasteiger partial charge in [0.15, 0.2) is 0 Å². The van der Waals surface area contributed by atoms with Gasteiger partial charge in [-0.25, -0.2) is 0 Å². The van der Waals surface area contributed by atoms with E-state index in [0.717, 1.165) is 19.1 Å². The van der Waals surface area contributed by atoms with Crippen molar-refractivity contribution >= 4 is 6.29 Å². The topological polar surface area (TPSA) is 26.3 Å². The third-order valence-electron chi connectivity index (χ3n) is 3.35. The van der Waals surface area contributed by atoms with Crippen molar-refractivity contribution in [2.24, 2.45) is 0 Å². The summed E-state index contributed by atoms with van der Waals surface area (Å²) in [4.78, 5) is 10.3. The van der Waals surface area contributed by atoms with E-state index >= 15 is 0 Å². The van der Waals surface area contributed by atoms with E-state index in [-0.39, 0.29) is 5.60 Å². The van der Waals surface area contributed by atoms with Gasteiger partial charge in [-0.2, -0.15) is 0 Å². The zero-order valence-corrected chi connectivity index (χ0v) is 9.74. The zero-order chi connectivity index (χ0) is 11.4. The largest absolute Gasteiger partial charge is 0.370 e. The molecule has 0 saturated heterocycles. The Kier molecular flexibility index (Phi) is 3.39. The number of carbonyl (C=O) groups is 1. The molecule has 0 spiro atoms. The first kappa shape index (κ1) is 11.3. The Bertz CT molecular complexity index is 350. The number of carbonyl (C=O) groups excluding carboxylic acids is 1. The summed E-state index contributed by atoms with van der Waals surface area (Å²) in [7, 11) is 0. The second-order valence-corrected chi connectivity index (χ2v) is 4.52. The first-order chi connectivity index (χ1) is 7.77. The molecule has 2 nitrogen and oxygen atoms in total. The number of hydrogen-bond donors (Lipinski definition) is 0.